The number of benzene rings is 1. The van der Waals surface area contributed by atoms with E-state index in [0.717, 1.165) is 30.7 Å². The van der Waals surface area contributed by atoms with E-state index in [1.807, 2.05) is 0 Å². The van der Waals surface area contributed by atoms with Gasteiger partial charge in [-0.1, -0.05) is 26.0 Å². The van der Waals surface area contributed by atoms with E-state index in [0.29, 0.717) is 11.5 Å². The molecule has 1 aromatic carbocycles. The van der Waals surface area contributed by atoms with Crippen molar-refractivity contribution in [2.45, 2.75) is 39.3 Å². The van der Waals surface area contributed by atoms with E-state index in [9.17, 15) is 10.0 Å². The Labute approximate surface area is 116 Å². The average molecular weight is 265 g/mol. The molecule has 0 aliphatic rings. The molecule has 0 amide bonds. The quantitative estimate of drug-likeness (QED) is 0.722. The first-order chi connectivity index (χ1) is 9.03. The highest BCUT2D eigenvalue weighted by Crippen LogP contribution is 2.20. The Hall–Kier alpha value is -1.04. The summed E-state index contributed by atoms with van der Waals surface area (Å²) in [6.07, 6.45) is 2.19. The molecule has 5 heteroatoms. The highest BCUT2D eigenvalue weighted by Gasteiger charge is 2.17. The van der Waals surface area contributed by atoms with E-state index < -0.39 is 7.12 Å². The van der Waals surface area contributed by atoms with Crippen molar-refractivity contribution < 1.29 is 14.8 Å². The van der Waals surface area contributed by atoms with Crippen LogP contribution in [0.3, 0.4) is 0 Å². The summed E-state index contributed by atoms with van der Waals surface area (Å²) in [7, 11) is 2.27. The van der Waals surface area contributed by atoms with Crippen molar-refractivity contribution in [2.24, 2.45) is 0 Å². The zero-order valence-electron chi connectivity index (χ0n) is 12.3. The molecule has 0 unspecified atom stereocenters. The molecule has 0 aliphatic carbocycles. The van der Waals surface area contributed by atoms with E-state index in [2.05, 4.69) is 25.8 Å². The molecule has 0 heterocycles. The Kier molecular flexibility index (Phi) is 6.35. The summed E-state index contributed by atoms with van der Waals surface area (Å²) in [5, 5.41) is 18.5. The second-order valence-electron chi connectivity index (χ2n) is 4.83. The van der Waals surface area contributed by atoms with Crippen molar-refractivity contribution in [1.82, 2.24) is 4.90 Å². The zero-order valence-corrected chi connectivity index (χ0v) is 12.3. The lowest BCUT2D eigenvalue weighted by molar-refractivity contribution is 0.219. The van der Waals surface area contributed by atoms with Gasteiger partial charge < -0.3 is 14.8 Å². The van der Waals surface area contributed by atoms with Crippen LogP contribution in [0.15, 0.2) is 18.2 Å². The lowest BCUT2D eigenvalue weighted by Gasteiger charge is -2.27. The Balaban J connectivity index is 2.94. The van der Waals surface area contributed by atoms with Crippen LogP contribution in [0.2, 0.25) is 0 Å². The molecular formula is C14H24BNO3. The van der Waals surface area contributed by atoms with Gasteiger partial charge in [-0.05, 0) is 31.4 Å². The van der Waals surface area contributed by atoms with Crippen LogP contribution < -0.4 is 10.2 Å². The SMILES string of the molecule is CCC(CC)N(C)Cc1cc(B(O)O)ccc1OC. The molecule has 0 bridgehead atoms. The Morgan fingerprint density at radius 2 is 1.89 bits per heavy atom. The van der Waals surface area contributed by atoms with E-state index >= 15 is 0 Å². The summed E-state index contributed by atoms with van der Waals surface area (Å²) in [4.78, 5) is 2.27. The van der Waals surface area contributed by atoms with Crippen LogP contribution in [0.4, 0.5) is 0 Å². The summed E-state index contributed by atoms with van der Waals surface area (Å²) in [6, 6.07) is 5.77. The molecule has 1 rings (SSSR count). The maximum atomic E-state index is 9.25. The van der Waals surface area contributed by atoms with Gasteiger partial charge in [0.2, 0.25) is 0 Å². The fraction of sp³-hybridized carbons (Fsp3) is 0.571. The van der Waals surface area contributed by atoms with Crippen molar-refractivity contribution in [3.8, 4) is 5.75 Å². The molecule has 2 N–H and O–H groups in total. The van der Waals surface area contributed by atoms with Crippen LogP contribution >= 0.6 is 0 Å². The monoisotopic (exact) mass is 265 g/mol. The molecule has 0 fully saturated rings. The molecule has 0 spiro atoms. The number of hydrogen-bond acceptors (Lipinski definition) is 4. The van der Waals surface area contributed by atoms with Gasteiger partial charge in [0.05, 0.1) is 7.11 Å². The van der Waals surface area contributed by atoms with Gasteiger partial charge in [-0.15, -0.1) is 0 Å². The van der Waals surface area contributed by atoms with Gasteiger partial charge in [0.15, 0.2) is 0 Å². The summed E-state index contributed by atoms with van der Waals surface area (Å²) in [5.41, 5.74) is 1.47. The predicted molar refractivity (Wildman–Crippen MR) is 78.7 cm³/mol. The van der Waals surface area contributed by atoms with Crippen LogP contribution in [-0.4, -0.2) is 42.3 Å². The standard InChI is InChI=1S/C14H24BNO3/c1-5-13(6-2)16(3)10-11-9-12(15(17)18)7-8-14(11)19-4/h7-9,13,17-18H,5-6,10H2,1-4H3. The summed E-state index contributed by atoms with van der Waals surface area (Å²) in [5.74, 6) is 0.780. The van der Waals surface area contributed by atoms with Crippen LogP contribution in [0, 0.1) is 0 Å². The van der Waals surface area contributed by atoms with E-state index in [4.69, 9.17) is 4.74 Å². The first-order valence-electron chi connectivity index (χ1n) is 6.76. The van der Waals surface area contributed by atoms with Crippen molar-refractivity contribution >= 4 is 12.6 Å². The predicted octanol–water partition coefficient (Wildman–Crippen LogP) is 0.995. The Morgan fingerprint density at radius 3 is 2.37 bits per heavy atom. The fourth-order valence-electron chi connectivity index (χ4n) is 2.39. The van der Waals surface area contributed by atoms with Crippen LogP contribution in [0.1, 0.15) is 32.3 Å². The van der Waals surface area contributed by atoms with E-state index in [-0.39, 0.29) is 0 Å². The zero-order chi connectivity index (χ0) is 14.4. The van der Waals surface area contributed by atoms with Gasteiger partial charge in [-0.3, -0.25) is 4.90 Å². The number of nitrogens with zero attached hydrogens (tertiary/aromatic N) is 1. The number of methoxy groups -OCH3 is 1. The van der Waals surface area contributed by atoms with Gasteiger partial charge in [-0.2, -0.15) is 0 Å². The summed E-state index contributed by atoms with van der Waals surface area (Å²) >= 11 is 0. The molecule has 0 aromatic heterocycles. The van der Waals surface area contributed by atoms with Crippen LogP contribution in [0.25, 0.3) is 0 Å². The van der Waals surface area contributed by atoms with Gasteiger partial charge in [0.25, 0.3) is 0 Å². The van der Waals surface area contributed by atoms with Crippen LogP contribution in [-0.2, 0) is 6.54 Å². The highest BCUT2D eigenvalue weighted by atomic mass is 16.5. The largest absolute Gasteiger partial charge is 0.496 e. The molecule has 0 saturated heterocycles. The molecule has 19 heavy (non-hydrogen) atoms. The topological polar surface area (TPSA) is 52.9 Å². The van der Waals surface area contributed by atoms with E-state index in [1.165, 1.54) is 0 Å². The first kappa shape index (κ1) is 16.0. The number of hydrogen-bond donors (Lipinski definition) is 2. The minimum Gasteiger partial charge on any atom is -0.496 e. The fourth-order valence-corrected chi connectivity index (χ4v) is 2.39. The second-order valence-corrected chi connectivity index (χ2v) is 4.83. The highest BCUT2D eigenvalue weighted by molar-refractivity contribution is 6.58. The van der Waals surface area contributed by atoms with E-state index in [1.54, 1.807) is 25.3 Å². The summed E-state index contributed by atoms with van der Waals surface area (Å²) in [6.45, 7) is 5.08. The van der Waals surface area contributed by atoms with Gasteiger partial charge in [0.1, 0.15) is 5.75 Å². The minimum absolute atomic E-state index is 0.494. The smallest absolute Gasteiger partial charge is 0.488 e. The maximum Gasteiger partial charge on any atom is 0.488 e. The first-order valence-corrected chi connectivity index (χ1v) is 6.76. The Morgan fingerprint density at radius 1 is 1.26 bits per heavy atom. The third kappa shape index (κ3) is 4.23. The van der Waals surface area contributed by atoms with Crippen molar-refractivity contribution in [3.63, 3.8) is 0 Å². The lowest BCUT2D eigenvalue weighted by Crippen LogP contribution is -2.33. The van der Waals surface area contributed by atoms with Crippen LogP contribution in [0.5, 0.6) is 5.75 Å². The minimum atomic E-state index is -1.44. The van der Waals surface area contributed by atoms with Crippen molar-refractivity contribution in [3.05, 3.63) is 23.8 Å². The van der Waals surface area contributed by atoms with Gasteiger partial charge in [-0.25, -0.2) is 0 Å². The molecule has 0 aliphatic heterocycles. The maximum absolute atomic E-state index is 9.25. The molecule has 106 valence electrons. The third-order valence-electron chi connectivity index (χ3n) is 3.59. The average Bonchev–Trinajstić information content (AvgIpc) is 2.39. The molecule has 1 aromatic rings. The number of ether oxygens (including phenoxy) is 1. The molecule has 0 radical (unpaired) electrons. The third-order valence-corrected chi connectivity index (χ3v) is 3.59. The normalized spacial score (nSPS) is 11.2. The Bertz CT molecular complexity index is 394. The number of rotatable bonds is 7. The summed E-state index contributed by atoms with van der Waals surface area (Å²) < 4.78 is 5.34. The van der Waals surface area contributed by atoms with Crippen molar-refractivity contribution in [1.29, 1.82) is 0 Å². The second kappa shape index (κ2) is 7.53. The molecule has 4 nitrogen and oxygen atoms in total. The van der Waals surface area contributed by atoms with Gasteiger partial charge in [0, 0.05) is 18.2 Å². The molecule has 0 atom stereocenters. The molecular weight excluding hydrogens is 241 g/mol. The van der Waals surface area contributed by atoms with Crippen molar-refractivity contribution in [2.75, 3.05) is 14.2 Å². The van der Waals surface area contributed by atoms with Gasteiger partial charge >= 0.3 is 7.12 Å². The molecule has 0 saturated carbocycles. The lowest BCUT2D eigenvalue weighted by atomic mass is 9.79.